The molecule has 5 nitrogen and oxygen atoms in total. The quantitative estimate of drug-likeness (QED) is 0.846. The third kappa shape index (κ3) is 2.34. The molecule has 0 N–H and O–H groups in total. The Kier molecular flexibility index (Phi) is 3.31. The van der Waals surface area contributed by atoms with Crippen LogP contribution in [0.3, 0.4) is 0 Å². The summed E-state index contributed by atoms with van der Waals surface area (Å²) in [6.45, 7) is 0.512. The Morgan fingerprint density at radius 2 is 1.90 bits per heavy atom. The first-order valence-electron chi connectivity index (χ1n) is 6.28. The molecule has 0 aliphatic carbocycles. The molecule has 1 atom stereocenters. The molecule has 1 aromatic heterocycles. The molecule has 0 saturated carbocycles. The van der Waals surface area contributed by atoms with Gasteiger partial charge in [0.2, 0.25) is 5.91 Å². The smallest absolute Gasteiger partial charge is 0.273 e. The molecule has 6 heteroatoms. The molecule has 3 rings (SSSR count). The summed E-state index contributed by atoms with van der Waals surface area (Å²) in [5, 5.41) is 4.15. The Balaban J connectivity index is 1.96. The lowest BCUT2D eigenvalue weighted by Gasteiger charge is -2.15. The minimum absolute atomic E-state index is 0.0130. The van der Waals surface area contributed by atoms with Crippen LogP contribution < -0.4 is 10.5 Å². The number of anilines is 1. The van der Waals surface area contributed by atoms with Gasteiger partial charge in [0, 0.05) is 24.3 Å². The van der Waals surface area contributed by atoms with Crippen LogP contribution >= 0.6 is 12.6 Å². The molecule has 1 aliphatic rings. The number of benzene rings is 1. The first kappa shape index (κ1) is 12.9. The van der Waals surface area contributed by atoms with Gasteiger partial charge in [0.05, 0.1) is 17.6 Å². The Bertz CT molecular complexity index is 699. The zero-order chi connectivity index (χ0) is 14.1. The van der Waals surface area contributed by atoms with Crippen LogP contribution in [0, 0.1) is 0 Å². The molecular weight excluding hydrogens is 274 g/mol. The lowest BCUT2D eigenvalue weighted by molar-refractivity contribution is -0.117. The molecular formula is C14H13N3O2S. The second-order valence-corrected chi connectivity index (χ2v) is 5.39. The van der Waals surface area contributed by atoms with Crippen LogP contribution in [0.15, 0.2) is 47.4 Å². The molecule has 1 saturated heterocycles. The molecule has 1 unspecified atom stereocenters. The number of carbonyl (C=O) groups is 1. The molecule has 1 fully saturated rings. The van der Waals surface area contributed by atoms with E-state index in [1.165, 1.54) is 16.9 Å². The molecule has 2 heterocycles. The predicted molar refractivity (Wildman–Crippen MR) is 79.6 cm³/mol. The minimum Gasteiger partial charge on any atom is -0.309 e. The highest BCUT2D eigenvalue weighted by molar-refractivity contribution is 7.81. The molecule has 1 amide bonds. The first-order valence-corrected chi connectivity index (χ1v) is 6.80. The lowest BCUT2D eigenvalue weighted by atomic mass is 10.3. The second-order valence-electron chi connectivity index (χ2n) is 4.66. The van der Waals surface area contributed by atoms with Gasteiger partial charge in [-0.25, -0.2) is 0 Å². The number of rotatable bonds is 2. The van der Waals surface area contributed by atoms with Gasteiger partial charge in [-0.2, -0.15) is 22.4 Å². The number of amides is 1. The molecule has 2 aromatic rings. The highest BCUT2D eigenvalue weighted by Gasteiger charge is 2.28. The van der Waals surface area contributed by atoms with Crippen molar-refractivity contribution < 1.29 is 4.79 Å². The van der Waals surface area contributed by atoms with Crippen LogP contribution in [-0.2, 0) is 4.79 Å². The number of para-hydroxylation sites is 1. The molecule has 1 aliphatic heterocycles. The van der Waals surface area contributed by atoms with E-state index in [4.69, 9.17) is 0 Å². The lowest BCUT2D eigenvalue weighted by Crippen LogP contribution is -2.28. The third-order valence-corrected chi connectivity index (χ3v) is 3.55. The monoisotopic (exact) mass is 287 g/mol. The van der Waals surface area contributed by atoms with Crippen molar-refractivity contribution in [3.05, 3.63) is 52.9 Å². The van der Waals surface area contributed by atoms with E-state index in [-0.39, 0.29) is 16.7 Å². The Morgan fingerprint density at radius 3 is 2.50 bits per heavy atom. The van der Waals surface area contributed by atoms with Crippen molar-refractivity contribution in [2.45, 2.75) is 11.7 Å². The van der Waals surface area contributed by atoms with Gasteiger partial charge >= 0.3 is 0 Å². The number of thiol groups is 1. The maximum absolute atomic E-state index is 12.1. The zero-order valence-corrected chi connectivity index (χ0v) is 11.5. The van der Waals surface area contributed by atoms with Gasteiger partial charge in [-0.05, 0) is 12.1 Å². The van der Waals surface area contributed by atoms with Gasteiger partial charge < -0.3 is 4.90 Å². The van der Waals surface area contributed by atoms with Gasteiger partial charge in [-0.15, -0.1) is 0 Å². The molecule has 0 radical (unpaired) electrons. The minimum atomic E-state index is -0.260. The van der Waals surface area contributed by atoms with E-state index in [2.05, 4.69) is 17.7 Å². The SMILES string of the molecule is O=C1CC(S)CN1c1cnn(-c2ccccc2)c(=O)c1. The predicted octanol–water partition coefficient (Wildman–Crippen LogP) is 1.27. The van der Waals surface area contributed by atoms with E-state index in [0.29, 0.717) is 24.3 Å². The van der Waals surface area contributed by atoms with Gasteiger partial charge in [-0.3, -0.25) is 9.59 Å². The van der Waals surface area contributed by atoms with Crippen molar-refractivity contribution in [2.75, 3.05) is 11.4 Å². The van der Waals surface area contributed by atoms with E-state index in [1.54, 1.807) is 17.0 Å². The number of aromatic nitrogens is 2. The highest BCUT2D eigenvalue weighted by Crippen LogP contribution is 2.22. The fourth-order valence-electron chi connectivity index (χ4n) is 2.25. The maximum Gasteiger partial charge on any atom is 0.273 e. The topological polar surface area (TPSA) is 55.2 Å². The van der Waals surface area contributed by atoms with Crippen LogP contribution in [0.25, 0.3) is 5.69 Å². The van der Waals surface area contributed by atoms with Crippen molar-refractivity contribution in [3.8, 4) is 5.69 Å². The molecule has 0 bridgehead atoms. The summed E-state index contributed by atoms with van der Waals surface area (Å²) in [5.74, 6) is -0.0244. The van der Waals surface area contributed by atoms with Crippen molar-refractivity contribution in [1.29, 1.82) is 0 Å². The summed E-state index contributed by atoms with van der Waals surface area (Å²) in [7, 11) is 0. The average Bonchev–Trinajstić information content (AvgIpc) is 2.78. The van der Waals surface area contributed by atoms with Gasteiger partial charge in [0.1, 0.15) is 0 Å². The normalized spacial score (nSPS) is 18.6. The molecule has 1 aromatic carbocycles. The number of hydrogen-bond acceptors (Lipinski definition) is 4. The van der Waals surface area contributed by atoms with Gasteiger partial charge in [0.25, 0.3) is 5.56 Å². The van der Waals surface area contributed by atoms with Crippen molar-refractivity contribution in [3.63, 3.8) is 0 Å². The van der Waals surface area contributed by atoms with E-state index >= 15 is 0 Å². The maximum atomic E-state index is 12.1. The molecule has 20 heavy (non-hydrogen) atoms. The second kappa shape index (κ2) is 5.13. The van der Waals surface area contributed by atoms with E-state index in [0.717, 1.165) is 0 Å². The van der Waals surface area contributed by atoms with Gasteiger partial charge in [-0.1, -0.05) is 18.2 Å². The van der Waals surface area contributed by atoms with E-state index in [1.807, 2.05) is 18.2 Å². The van der Waals surface area contributed by atoms with Crippen LogP contribution in [0.2, 0.25) is 0 Å². The number of hydrogen-bond donors (Lipinski definition) is 1. The summed E-state index contributed by atoms with van der Waals surface area (Å²) < 4.78 is 1.31. The summed E-state index contributed by atoms with van der Waals surface area (Å²) in [6, 6.07) is 10.6. The Labute approximate surface area is 121 Å². The van der Waals surface area contributed by atoms with Crippen molar-refractivity contribution >= 4 is 24.2 Å². The Morgan fingerprint density at radius 1 is 1.15 bits per heavy atom. The average molecular weight is 287 g/mol. The van der Waals surface area contributed by atoms with E-state index in [9.17, 15) is 9.59 Å². The van der Waals surface area contributed by atoms with Crippen LogP contribution in [-0.4, -0.2) is 27.5 Å². The molecule has 102 valence electrons. The fraction of sp³-hybridized carbons (Fsp3) is 0.214. The van der Waals surface area contributed by atoms with Crippen LogP contribution in [0.4, 0.5) is 5.69 Å². The van der Waals surface area contributed by atoms with Crippen molar-refractivity contribution in [1.82, 2.24) is 9.78 Å². The number of carbonyl (C=O) groups excluding carboxylic acids is 1. The molecule has 0 spiro atoms. The number of nitrogens with zero attached hydrogens (tertiary/aromatic N) is 3. The highest BCUT2D eigenvalue weighted by atomic mass is 32.1. The van der Waals surface area contributed by atoms with Crippen LogP contribution in [0.1, 0.15) is 6.42 Å². The van der Waals surface area contributed by atoms with Gasteiger partial charge in [0.15, 0.2) is 0 Å². The third-order valence-electron chi connectivity index (χ3n) is 3.20. The summed E-state index contributed by atoms with van der Waals surface area (Å²) >= 11 is 4.30. The summed E-state index contributed by atoms with van der Waals surface area (Å²) in [6.07, 6.45) is 1.93. The largest absolute Gasteiger partial charge is 0.309 e. The summed E-state index contributed by atoms with van der Waals surface area (Å²) in [5.41, 5.74) is 0.969. The summed E-state index contributed by atoms with van der Waals surface area (Å²) in [4.78, 5) is 25.5. The zero-order valence-electron chi connectivity index (χ0n) is 10.6. The van der Waals surface area contributed by atoms with Crippen LogP contribution in [0.5, 0.6) is 0 Å². The Hall–Kier alpha value is -2.08. The fourth-order valence-corrected chi connectivity index (χ4v) is 2.57. The van der Waals surface area contributed by atoms with Crippen molar-refractivity contribution in [2.24, 2.45) is 0 Å². The van der Waals surface area contributed by atoms with E-state index < -0.39 is 0 Å². The first-order chi connectivity index (χ1) is 9.65. The standard InChI is InChI=1S/C14H13N3O2S/c18-13-7-12(20)9-16(13)11-6-14(19)17(15-8-11)10-4-2-1-3-5-10/h1-6,8,12,20H,7,9H2.